The summed E-state index contributed by atoms with van der Waals surface area (Å²) in [5.41, 5.74) is 1.22. The van der Waals surface area contributed by atoms with E-state index in [-0.39, 0.29) is 0 Å². The molecule has 0 aliphatic heterocycles. The molecule has 1 heterocycles. The summed E-state index contributed by atoms with van der Waals surface area (Å²) in [5, 5.41) is 5.38. The minimum atomic E-state index is 0.771. The van der Waals surface area contributed by atoms with E-state index in [9.17, 15) is 0 Å². The van der Waals surface area contributed by atoms with Gasteiger partial charge in [-0.25, -0.2) is 0 Å². The fourth-order valence-corrected chi connectivity index (χ4v) is 1.50. The monoisotopic (exact) mass is 220 g/mol. The zero-order chi connectivity index (χ0) is 12.0. The molecule has 0 aromatic carbocycles. The van der Waals surface area contributed by atoms with E-state index in [4.69, 9.17) is 4.84 Å². The molecule has 16 heavy (non-hydrogen) atoms. The van der Waals surface area contributed by atoms with Crippen molar-refractivity contribution >= 4 is 12.5 Å². The number of nitrogens with zero attached hydrogens (tertiary/aromatic N) is 3. The highest BCUT2D eigenvalue weighted by atomic mass is 16.6. The van der Waals surface area contributed by atoms with E-state index in [0.717, 1.165) is 18.7 Å². The Labute approximate surface area is 96.4 Å². The zero-order valence-electron chi connectivity index (χ0n) is 9.89. The quantitative estimate of drug-likeness (QED) is 0.413. The lowest BCUT2D eigenvalue weighted by Crippen LogP contribution is -2.44. The van der Waals surface area contributed by atoms with Crippen LogP contribution in [0.5, 0.6) is 0 Å². The van der Waals surface area contributed by atoms with Gasteiger partial charge in [-0.3, -0.25) is 0 Å². The van der Waals surface area contributed by atoms with Crippen LogP contribution in [0.1, 0.15) is 18.9 Å². The molecule has 0 fully saturated rings. The predicted octanol–water partition coefficient (Wildman–Crippen LogP) is 1.55. The largest absolute Gasteiger partial charge is 0.345 e. The first-order valence-electron chi connectivity index (χ1n) is 5.24. The fourth-order valence-electron chi connectivity index (χ4n) is 1.50. The summed E-state index contributed by atoms with van der Waals surface area (Å²) in [6.45, 7) is 9.29. The lowest BCUT2D eigenvalue weighted by molar-refractivity contribution is -0.875. The number of aromatic nitrogens is 1. The molecule has 0 amide bonds. The Balaban J connectivity index is 3.09. The lowest BCUT2D eigenvalue weighted by atomic mass is 10.2. The van der Waals surface area contributed by atoms with Gasteiger partial charge in [-0.1, -0.05) is 25.0 Å². The summed E-state index contributed by atoms with van der Waals surface area (Å²) in [7, 11) is 1.61. The van der Waals surface area contributed by atoms with Gasteiger partial charge in [0.15, 0.2) is 0 Å². The normalized spacial score (nSPS) is 9.62. The fraction of sp³-hybridized carbons (Fsp3) is 0.333. The summed E-state index contributed by atoms with van der Waals surface area (Å²) in [5.74, 6) is 0.771. The van der Waals surface area contributed by atoms with Crippen LogP contribution in [0.15, 0.2) is 36.2 Å². The van der Waals surface area contributed by atoms with Crippen LogP contribution >= 0.6 is 0 Å². The molecule has 1 aromatic rings. The molecule has 0 spiro atoms. The van der Waals surface area contributed by atoms with E-state index >= 15 is 0 Å². The van der Waals surface area contributed by atoms with Crippen molar-refractivity contribution in [2.75, 3.05) is 12.1 Å². The average Bonchev–Trinajstić information content (AvgIpc) is 2.32. The molecule has 0 bridgehead atoms. The minimum Gasteiger partial charge on any atom is -0.339 e. The molecule has 1 aromatic heterocycles. The molecule has 4 nitrogen and oxygen atoms in total. The van der Waals surface area contributed by atoms with Crippen molar-refractivity contribution in [3.05, 3.63) is 36.7 Å². The second-order valence-electron chi connectivity index (χ2n) is 3.32. The van der Waals surface area contributed by atoms with Gasteiger partial charge in [0.05, 0.1) is 0 Å². The average molecular weight is 220 g/mol. The van der Waals surface area contributed by atoms with Gasteiger partial charge in [-0.15, -0.1) is 5.01 Å². The number of hydrazone groups is 1. The SMILES string of the molecule is C=CN(N=C)c1ccc(CCC)c[n+]1OC. The van der Waals surface area contributed by atoms with Gasteiger partial charge in [0.1, 0.15) is 19.5 Å². The molecule has 0 radical (unpaired) electrons. The second-order valence-corrected chi connectivity index (χ2v) is 3.32. The van der Waals surface area contributed by atoms with Gasteiger partial charge in [0.25, 0.3) is 0 Å². The molecule has 1 rings (SSSR count). The zero-order valence-corrected chi connectivity index (χ0v) is 9.89. The van der Waals surface area contributed by atoms with Crippen LogP contribution in [0, 0.1) is 0 Å². The molecule has 0 unspecified atom stereocenters. The van der Waals surface area contributed by atoms with Crippen molar-refractivity contribution in [3.63, 3.8) is 0 Å². The summed E-state index contributed by atoms with van der Waals surface area (Å²) < 4.78 is 1.65. The molecular weight excluding hydrogens is 202 g/mol. The van der Waals surface area contributed by atoms with Gasteiger partial charge in [0.2, 0.25) is 0 Å². The van der Waals surface area contributed by atoms with Crippen molar-refractivity contribution in [2.24, 2.45) is 5.10 Å². The van der Waals surface area contributed by atoms with Crippen LogP contribution in [0.2, 0.25) is 0 Å². The standard InChI is InChI=1S/C12H18N3O/c1-5-7-11-8-9-12(14(6-2)13-3)15(10-11)16-4/h6,8-10H,2-3,5,7H2,1,4H3/q+1. The molecular formula is C12H18N3O+. The molecule has 0 aliphatic carbocycles. The Morgan fingerprint density at radius 1 is 1.56 bits per heavy atom. The van der Waals surface area contributed by atoms with Crippen molar-refractivity contribution in [3.8, 4) is 0 Å². The number of hydrogen-bond acceptors (Lipinski definition) is 3. The maximum Gasteiger partial charge on any atom is 0.345 e. The third-order valence-electron chi connectivity index (χ3n) is 2.25. The van der Waals surface area contributed by atoms with Gasteiger partial charge >= 0.3 is 5.82 Å². The second kappa shape index (κ2) is 5.90. The topological polar surface area (TPSA) is 28.7 Å². The first kappa shape index (κ1) is 12.2. The first-order chi connectivity index (χ1) is 7.76. The van der Waals surface area contributed by atoms with Gasteiger partial charge in [0, 0.05) is 12.8 Å². The maximum absolute atomic E-state index is 5.26. The molecule has 0 aliphatic rings. The first-order valence-corrected chi connectivity index (χ1v) is 5.24. The summed E-state index contributed by atoms with van der Waals surface area (Å²) in [4.78, 5) is 5.26. The molecule has 0 saturated carbocycles. The molecule has 86 valence electrons. The summed E-state index contributed by atoms with van der Waals surface area (Å²) >= 11 is 0. The Morgan fingerprint density at radius 2 is 2.31 bits per heavy atom. The van der Waals surface area contributed by atoms with Crippen molar-refractivity contribution in [1.82, 2.24) is 0 Å². The van der Waals surface area contributed by atoms with E-state index in [2.05, 4.69) is 31.4 Å². The summed E-state index contributed by atoms with van der Waals surface area (Å²) in [6.07, 6.45) is 5.66. The third-order valence-corrected chi connectivity index (χ3v) is 2.25. The number of aryl methyl sites for hydroxylation is 1. The highest BCUT2D eigenvalue weighted by Crippen LogP contribution is 2.10. The maximum atomic E-state index is 5.26. The Kier molecular flexibility index (Phi) is 4.51. The van der Waals surface area contributed by atoms with E-state index < -0.39 is 0 Å². The van der Waals surface area contributed by atoms with E-state index in [1.807, 2.05) is 12.3 Å². The Hall–Kier alpha value is -1.84. The highest BCUT2D eigenvalue weighted by molar-refractivity contribution is 5.40. The Bertz CT molecular complexity index is 369. The predicted molar refractivity (Wildman–Crippen MR) is 65.4 cm³/mol. The van der Waals surface area contributed by atoms with Crippen LogP contribution in [-0.2, 0) is 6.42 Å². The lowest BCUT2D eigenvalue weighted by Gasteiger charge is -2.09. The third kappa shape index (κ3) is 2.59. The van der Waals surface area contributed by atoms with E-state index in [0.29, 0.717) is 0 Å². The van der Waals surface area contributed by atoms with Crippen LogP contribution in [0.3, 0.4) is 0 Å². The number of hydrogen-bond donors (Lipinski definition) is 0. The Morgan fingerprint density at radius 3 is 2.81 bits per heavy atom. The van der Waals surface area contributed by atoms with E-state index in [1.54, 1.807) is 23.0 Å². The van der Waals surface area contributed by atoms with Crippen LogP contribution < -0.4 is 14.6 Å². The van der Waals surface area contributed by atoms with Crippen molar-refractivity contribution < 1.29 is 9.57 Å². The molecule has 0 N–H and O–H groups in total. The number of anilines is 1. The molecule has 4 heteroatoms. The molecule has 0 atom stereocenters. The van der Waals surface area contributed by atoms with Crippen LogP contribution in [0.25, 0.3) is 0 Å². The van der Waals surface area contributed by atoms with Crippen molar-refractivity contribution in [2.45, 2.75) is 19.8 Å². The number of rotatable bonds is 6. The van der Waals surface area contributed by atoms with E-state index in [1.165, 1.54) is 5.56 Å². The van der Waals surface area contributed by atoms with Crippen molar-refractivity contribution in [1.29, 1.82) is 0 Å². The van der Waals surface area contributed by atoms with Crippen LogP contribution in [-0.4, -0.2) is 13.8 Å². The highest BCUT2D eigenvalue weighted by Gasteiger charge is 2.17. The minimum absolute atomic E-state index is 0.771. The van der Waals surface area contributed by atoms with Gasteiger partial charge in [-0.2, -0.15) is 0 Å². The smallest absolute Gasteiger partial charge is 0.339 e. The molecule has 0 saturated heterocycles. The summed E-state index contributed by atoms with van der Waals surface area (Å²) in [6, 6.07) is 3.99. The van der Waals surface area contributed by atoms with Gasteiger partial charge in [-0.05, 0) is 22.8 Å². The van der Waals surface area contributed by atoms with Crippen LogP contribution in [0.4, 0.5) is 5.82 Å². The number of pyridine rings is 1. The van der Waals surface area contributed by atoms with Gasteiger partial charge < -0.3 is 4.84 Å².